The summed E-state index contributed by atoms with van der Waals surface area (Å²) >= 11 is 1.56. The third-order valence-corrected chi connectivity index (χ3v) is 6.13. The van der Waals surface area contributed by atoms with Gasteiger partial charge < -0.3 is 24.5 Å². The maximum Gasteiger partial charge on any atom is 0.320 e. The first kappa shape index (κ1) is 18.8. The number of piperazine rings is 1. The summed E-state index contributed by atoms with van der Waals surface area (Å²) in [4.78, 5) is 29.7. The Morgan fingerprint density at radius 1 is 1.23 bits per heavy atom. The molecule has 0 spiro atoms. The van der Waals surface area contributed by atoms with Gasteiger partial charge in [0.1, 0.15) is 11.0 Å². The van der Waals surface area contributed by atoms with Crippen molar-refractivity contribution in [2.75, 3.05) is 63.6 Å². The third kappa shape index (κ3) is 4.62. The molecule has 2 saturated heterocycles. The molecule has 2 fully saturated rings. The molecule has 1 atom stereocenters. The predicted molar refractivity (Wildman–Crippen MR) is 101 cm³/mol. The molecule has 2 aliphatic rings. The lowest BCUT2D eigenvalue weighted by Crippen LogP contribution is -3.16. The minimum Gasteiger partial charge on any atom is -0.508 e. The number of hydrogen-bond acceptors (Lipinski definition) is 6. The number of carbonyl (C=O) groups is 2. The Labute approximate surface area is 157 Å². The van der Waals surface area contributed by atoms with Gasteiger partial charge in [-0.05, 0) is 24.3 Å². The smallest absolute Gasteiger partial charge is 0.320 e. The monoisotopic (exact) mass is 380 g/mol. The summed E-state index contributed by atoms with van der Waals surface area (Å²) in [5, 5.41) is 9.13. The van der Waals surface area contributed by atoms with Crippen molar-refractivity contribution in [2.45, 2.75) is 5.25 Å². The highest BCUT2D eigenvalue weighted by atomic mass is 32.2. The van der Waals surface area contributed by atoms with E-state index in [1.807, 2.05) is 12.1 Å². The summed E-state index contributed by atoms with van der Waals surface area (Å²) in [6.07, 6.45) is 0. The standard InChI is InChI=1S/C18H25N3O4S/c1-25-18(24)16-12-21(10-11-26-16)17(23)13-19-6-8-20(9-7-19)14-2-4-15(22)5-3-14/h2-5,16,22H,6-13H2,1H3/p+1/t16-/m0/s1. The number of aromatic hydroxyl groups is 1. The molecule has 1 aromatic rings. The number of esters is 1. The van der Waals surface area contributed by atoms with Crippen LogP contribution in [0.25, 0.3) is 0 Å². The summed E-state index contributed by atoms with van der Waals surface area (Å²) in [7, 11) is 1.39. The maximum absolute atomic E-state index is 12.6. The normalized spacial score (nSPS) is 21.5. The fourth-order valence-corrected chi connectivity index (χ4v) is 4.52. The van der Waals surface area contributed by atoms with Gasteiger partial charge in [0.15, 0.2) is 6.54 Å². The quantitative estimate of drug-likeness (QED) is 0.668. The van der Waals surface area contributed by atoms with Crippen LogP contribution in [0.3, 0.4) is 0 Å². The van der Waals surface area contributed by atoms with E-state index in [4.69, 9.17) is 4.74 Å². The van der Waals surface area contributed by atoms with Crippen molar-refractivity contribution in [3.8, 4) is 5.75 Å². The number of nitrogens with one attached hydrogen (secondary N) is 1. The first-order chi connectivity index (χ1) is 12.6. The van der Waals surface area contributed by atoms with Crippen LogP contribution in [0.5, 0.6) is 5.75 Å². The van der Waals surface area contributed by atoms with Crippen LogP contribution in [0.2, 0.25) is 0 Å². The summed E-state index contributed by atoms with van der Waals surface area (Å²) in [5.74, 6) is 0.915. The SMILES string of the molecule is COC(=O)[C@@H]1CN(C(=O)C[NH+]2CCN(c3ccc(O)cc3)CC2)CCS1. The van der Waals surface area contributed by atoms with Gasteiger partial charge in [-0.3, -0.25) is 9.59 Å². The Kier molecular flexibility index (Phi) is 6.26. The van der Waals surface area contributed by atoms with Crippen LogP contribution in [-0.2, 0) is 14.3 Å². The summed E-state index contributed by atoms with van der Waals surface area (Å²) in [6.45, 7) is 5.18. The molecule has 1 aromatic carbocycles. The van der Waals surface area contributed by atoms with Crippen molar-refractivity contribution in [2.24, 2.45) is 0 Å². The molecule has 0 radical (unpaired) electrons. The van der Waals surface area contributed by atoms with E-state index in [1.54, 1.807) is 28.8 Å². The van der Waals surface area contributed by atoms with Crippen LogP contribution in [0.1, 0.15) is 0 Å². The van der Waals surface area contributed by atoms with Crippen LogP contribution in [0.4, 0.5) is 5.69 Å². The van der Waals surface area contributed by atoms with E-state index in [0.29, 0.717) is 19.6 Å². The van der Waals surface area contributed by atoms with E-state index < -0.39 is 0 Å². The zero-order valence-corrected chi connectivity index (χ0v) is 15.8. The van der Waals surface area contributed by atoms with Gasteiger partial charge in [0.05, 0.1) is 33.3 Å². The second-order valence-electron chi connectivity index (χ2n) is 6.65. The van der Waals surface area contributed by atoms with E-state index >= 15 is 0 Å². The van der Waals surface area contributed by atoms with Crippen LogP contribution in [-0.4, -0.2) is 85.8 Å². The topological polar surface area (TPSA) is 74.5 Å². The van der Waals surface area contributed by atoms with Gasteiger partial charge in [-0.25, -0.2) is 0 Å². The number of methoxy groups -OCH3 is 1. The van der Waals surface area contributed by atoms with Crippen LogP contribution in [0, 0.1) is 0 Å². The summed E-state index contributed by atoms with van der Waals surface area (Å²) in [5.41, 5.74) is 1.10. The summed E-state index contributed by atoms with van der Waals surface area (Å²) < 4.78 is 4.80. The van der Waals surface area contributed by atoms with Gasteiger partial charge in [0, 0.05) is 24.5 Å². The molecular weight excluding hydrogens is 354 g/mol. The molecule has 3 rings (SSSR count). The number of phenols is 1. The van der Waals surface area contributed by atoms with Crippen LogP contribution < -0.4 is 9.80 Å². The number of nitrogens with zero attached hydrogens (tertiary/aromatic N) is 2. The molecule has 2 aliphatic heterocycles. The Morgan fingerprint density at radius 2 is 1.92 bits per heavy atom. The fraction of sp³-hybridized carbons (Fsp3) is 0.556. The molecule has 0 saturated carbocycles. The van der Waals surface area contributed by atoms with Gasteiger partial charge in [0.25, 0.3) is 5.91 Å². The van der Waals surface area contributed by atoms with E-state index in [-0.39, 0.29) is 22.9 Å². The van der Waals surface area contributed by atoms with Crippen molar-refractivity contribution in [3.05, 3.63) is 24.3 Å². The highest BCUT2D eigenvalue weighted by molar-refractivity contribution is 8.00. The molecule has 1 amide bonds. The minimum atomic E-state index is -0.265. The average Bonchev–Trinajstić information content (AvgIpc) is 2.68. The van der Waals surface area contributed by atoms with Crippen molar-refractivity contribution in [1.29, 1.82) is 0 Å². The number of quaternary nitrogens is 1. The molecular formula is C18H26N3O4S+. The molecule has 142 valence electrons. The largest absolute Gasteiger partial charge is 0.508 e. The van der Waals surface area contributed by atoms with Gasteiger partial charge in [-0.1, -0.05) is 0 Å². The molecule has 0 aliphatic carbocycles. The van der Waals surface area contributed by atoms with Crippen LogP contribution in [0.15, 0.2) is 24.3 Å². The maximum atomic E-state index is 12.6. The Bertz CT molecular complexity index is 632. The third-order valence-electron chi connectivity index (χ3n) is 4.97. The zero-order chi connectivity index (χ0) is 18.5. The molecule has 26 heavy (non-hydrogen) atoms. The second-order valence-corrected chi connectivity index (χ2v) is 7.96. The number of phenolic OH excluding ortho intramolecular Hbond substituents is 1. The average molecular weight is 380 g/mol. The van der Waals surface area contributed by atoms with Crippen molar-refractivity contribution in [1.82, 2.24) is 4.90 Å². The number of rotatable bonds is 4. The van der Waals surface area contributed by atoms with E-state index in [2.05, 4.69) is 4.90 Å². The molecule has 0 unspecified atom stereocenters. The van der Waals surface area contributed by atoms with Gasteiger partial charge >= 0.3 is 5.97 Å². The highest BCUT2D eigenvalue weighted by Crippen LogP contribution is 2.20. The van der Waals surface area contributed by atoms with E-state index in [0.717, 1.165) is 37.6 Å². The number of hydrogen-bond donors (Lipinski definition) is 2. The lowest BCUT2D eigenvalue weighted by Gasteiger charge is -2.35. The molecule has 7 nitrogen and oxygen atoms in total. The van der Waals surface area contributed by atoms with Gasteiger partial charge in [-0.2, -0.15) is 0 Å². The Morgan fingerprint density at radius 3 is 2.58 bits per heavy atom. The first-order valence-electron chi connectivity index (χ1n) is 8.91. The van der Waals surface area contributed by atoms with Gasteiger partial charge in [0.2, 0.25) is 0 Å². The van der Waals surface area contributed by atoms with Crippen molar-refractivity contribution >= 4 is 29.3 Å². The number of ether oxygens (including phenoxy) is 1. The number of anilines is 1. The Hall–Kier alpha value is -1.93. The Balaban J connectivity index is 1.47. The molecule has 0 aromatic heterocycles. The molecule has 8 heteroatoms. The van der Waals surface area contributed by atoms with Crippen molar-refractivity contribution in [3.63, 3.8) is 0 Å². The van der Waals surface area contributed by atoms with Crippen molar-refractivity contribution < 1.29 is 24.3 Å². The predicted octanol–water partition coefficient (Wildman–Crippen LogP) is -0.786. The number of thioether (sulfide) groups is 1. The lowest BCUT2D eigenvalue weighted by atomic mass is 10.2. The second kappa shape index (κ2) is 8.64. The van der Waals surface area contributed by atoms with Crippen LogP contribution >= 0.6 is 11.8 Å². The number of benzene rings is 1. The summed E-state index contributed by atoms with van der Waals surface area (Å²) in [6, 6.07) is 7.24. The molecule has 2 heterocycles. The van der Waals surface area contributed by atoms with E-state index in [1.165, 1.54) is 12.0 Å². The minimum absolute atomic E-state index is 0.118. The molecule has 2 N–H and O–H groups in total. The zero-order valence-electron chi connectivity index (χ0n) is 15.0. The number of carbonyl (C=O) groups excluding carboxylic acids is 2. The number of amides is 1. The van der Waals surface area contributed by atoms with E-state index in [9.17, 15) is 14.7 Å². The highest BCUT2D eigenvalue weighted by Gasteiger charge is 2.31. The first-order valence-corrected chi connectivity index (χ1v) is 9.96. The van der Waals surface area contributed by atoms with Gasteiger partial charge in [-0.15, -0.1) is 11.8 Å². The lowest BCUT2D eigenvalue weighted by molar-refractivity contribution is -0.892. The molecule has 0 bridgehead atoms. The fourth-order valence-electron chi connectivity index (χ4n) is 3.40.